The third-order valence-electron chi connectivity index (χ3n) is 9.51. The van der Waals surface area contributed by atoms with Crippen molar-refractivity contribution < 1.29 is 29.6 Å². The Morgan fingerprint density at radius 3 is 2.51 bits per heavy atom. The first-order valence-electron chi connectivity index (χ1n) is 17.5. The first-order chi connectivity index (χ1) is 23.6. The Morgan fingerprint density at radius 1 is 1.12 bits per heavy atom. The quantitative estimate of drug-likeness (QED) is 0.102. The Balaban J connectivity index is 0.00000174. The number of thiazole rings is 2. The van der Waals surface area contributed by atoms with E-state index >= 15 is 0 Å². The minimum Gasteiger partial charge on any atom is -0.506 e. The van der Waals surface area contributed by atoms with Crippen molar-refractivity contribution in [2.45, 2.75) is 102 Å². The predicted molar refractivity (Wildman–Crippen MR) is 194 cm³/mol. The monoisotopic (exact) mass is 719 g/mol. The minimum atomic E-state index is -0.747. The highest BCUT2D eigenvalue weighted by Crippen LogP contribution is 2.32. The van der Waals surface area contributed by atoms with Crippen LogP contribution in [0.2, 0.25) is 0 Å². The summed E-state index contributed by atoms with van der Waals surface area (Å²) >= 11 is 2.59. The van der Waals surface area contributed by atoms with Crippen LogP contribution in [0.15, 0.2) is 22.3 Å². The molecule has 5 N–H and O–H groups in total. The number of H-pyrrole nitrogens is 1. The van der Waals surface area contributed by atoms with Gasteiger partial charge < -0.3 is 40.2 Å². The number of phenols is 1. The fraction of sp³-hybridized carbons (Fsp3) is 0.657. The number of aliphatic hydroxyl groups is 1. The number of aromatic nitrogens is 2. The summed E-state index contributed by atoms with van der Waals surface area (Å²) in [6.45, 7) is 11.6. The number of nitrogens with one attached hydrogen (secondary N) is 2. The van der Waals surface area contributed by atoms with Crippen molar-refractivity contribution in [1.29, 1.82) is 0 Å². The molecule has 2 aliphatic rings. The first kappa shape index (κ1) is 38.9. The lowest BCUT2D eigenvalue weighted by atomic mass is 9.89. The van der Waals surface area contributed by atoms with Crippen LogP contribution in [0.5, 0.6) is 5.75 Å². The number of piperidine rings is 1. The summed E-state index contributed by atoms with van der Waals surface area (Å²) in [4.78, 5) is 44.8. The Kier molecular flexibility index (Phi) is 15.0. The molecule has 2 aromatic heterocycles. The average Bonchev–Trinajstić information content (AvgIpc) is 3.74. The average molecular weight is 720 g/mol. The zero-order valence-corrected chi connectivity index (χ0v) is 30.6. The van der Waals surface area contributed by atoms with Crippen LogP contribution in [-0.4, -0.2) is 105 Å². The summed E-state index contributed by atoms with van der Waals surface area (Å²) in [5, 5.41) is 33.9. The smallest absolute Gasteiger partial charge is 0.305 e. The van der Waals surface area contributed by atoms with Gasteiger partial charge in [0.05, 0.1) is 34.6 Å². The molecule has 272 valence electrons. The van der Waals surface area contributed by atoms with E-state index in [0.29, 0.717) is 53.6 Å². The molecule has 0 radical (unpaired) electrons. The number of phenolic OH excluding ortho intramolecular Hbond substituents is 1. The Labute approximate surface area is 296 Å². The molecule has 2 unspecified atom stereocenters. The van der Waals surface area contributed by atoms with E-state index in [1.165, 1.54) is 38.2 Å². The number of likely N-dealkylation sites (tertiary alicyclic amines) is 1. The topological polar surface area (TPSA) is 168 Å². The molecule has 49 heavy (non-hydrogen) atoms. The van der Waals surface area contributed by atoms with Gasteiger partial charge in [0.2, 0.25) is 0 Å². The van der Waals surface area contributed by atoms with Gasteiger partial charge in [0.15, 0.2) is 0 Å². The number of benzene rings is 1. The number of aromatic hydroxyl groups is 1. The summed E-state index contributed by atoms with van der Waals surface area (Å²) in [6, 6.07) is 3.50. The Bertz CT molecular complexity index is 1530. The second-order valence-electron chi connectivity index (χ2n) is 13.6. The van der Waals surface area contributed by atoms with E-state index in [1.54, 1.807) is 17.4 Å². The molecule has 2 fully saturated rings. The molecule has 1 spiro atoms. The van der Waals surface area contributed by atoms with Gasteiger partial charge in [-0.3, -0.25) is 14.4 Å². The van der Waals surface area contributed by atoms with Gasteiger partial charge in [-0.1, -0.05) is 63.4 Å². The third kappa shape index (κ3) is 11.1. The normalized spacial score (nSPS) is 17.6. The Hall–Kier alpha value is -2.88. The van der Waals surface area contributed by atoms with Crippen LogP contribution in [0.4, 0.5) is 0 Å². The van der Waals surface area contributed by atoms with Crippen LogP contribution in [-0.2, 0) is 9.53 Å². The van der Waals surface area contributed by atoms with Crippen LogP contribution >= 0.6 is 22.7 Å². The van der Waals surface area contributed by atoms with Crippen LogP contribution in [0.25, 0.3) is 10.2 Å². The lowest BCUT2D eigenvalue weighted by molar-refractivity contribution is -0.127. The fourth-order valence-corrected chi connectivity index (χ4v) is 8.36. The zero-order valence-electron chi connectivity index (χ0n) is 29.0. The minimum absolute atomic E-state index is 0.0233. The van der Waals surface area contributed by atoms with Crippen LogP contribution in [0, 0.1) is 0 Å². The second kappa shape index (κ2) is 18.9. The van der Waals surface area contributed by atoms with E-state index in [2.05, 4.69) is 41.0 Å². The largest absolute Gasteiger partial charge is 0.506 e. The maximum Gasteiger partial charge on any atom is 0.305 e. The summed E-state index contributed by atoms with van der Waals surface area (Å²) < 4.78 is 6.92. The molecule has 3 aromatic rings. The van der Waals surface area contributed by atoms with Crippen molar-refractivity contribution in [1.82, 2.24) is 25.1 Å². The fourth-order valence-electron chi connectivity index (χ4n) is 6.64. The van der Waals surface area contributed by atoms with E-state index < -0.39 is 6.10 Å². The second-order valence-corrected chi connectivity index (χ2v) is 15.4. The van der Waals surface area contributed by atoms with Crippen molar-refractivity contribution in [2.24, 2.45) is 0 Å². The lowest BCUT2D eigenvalue weighted by Gasteiger charge is -2.47. The molecular weight excluding hydrogens is 667 g/mol. The van der Waals surface area contributed by atoms with Crippen LogP contribution < -0.4 is 10.2 Å². The number of nitrogens with zero attached hydrogens (tertiary/aromatic N) is 3. The highest BCUT2D eigenvalue weighted by atomic mass is 32.1. The van der Waals surface area contributed by atoms with E-state index in [9.17, 15) is 19.8 Å². The molecule has 14 heteroatoms. The number of carbonyl (C=O) groups is 2. The molecule has 1 aromatic carbocycles. The number of hydrogen-bond acceptors (Lipinski definition) is 11. The van der Waals surface area contributed by atoms with E-state index in [0.717, 1.165) is 61.7 Å². The van der Waals surface area contributed by atoms with Crippen molar-refractivity contribution in [2.75, 3.05) is 45.9 Å². The van der Waals surface area contributed by atoms with Gasteiger partial charge in [0.25, 0.3) is 12.4 Å². The van der Waals surface area contributed by atoms with Gasteiger partial charge in [-0.2, -0.15) is 0 Å². The number of carbonyl (C=O) groups excluding carboxylic acids is 1. The highest BCUT2D eigenvalue weighted by molar-refractivity contribution is 7.16. The SMILES string of the molecule is CC(CCCCCCCCN1CCC2(CC1)CN(C(=O)c1csc(C(C)C)n1)CCO2)NCC(O)c1ccc(O)c2[nH]c(=O)sc12.O=CO. The van der Waals surface area contributed by atoms with E-state index in [1.807, 2.05) is 10.3 Å². The number of fused-ring (bicyclic) bond motifs is 1. The number of rotatable bonds is 15. The summed E-state index contributed by atoms with van der Waals surface area (Å²) in [7, 11) is 0. The number of ether oxygens (including phenoxy) is 1. The number of hydrogen-bond donors (Lipinski definition) is 5. The molecule has 0 bridgehead atoms. The zero-order chi connectivity index (χ0) is 35.4. The molecule has 12 nitrogen and oxygen atoms in total. The van der Waals surface area contributed by atoms with Crippen LogP contribution in [0.3, 0.4) is 0 Å². The number of morpholine rings is 1. The van der Waals surface area contributed by atoms with Crippen molar-refractivity contribution in [3.63, 3.8) is 0 Å². The molecule has 0 saturated carbocycles. The van der Waals surface area contributed by atoms with E-state index in [4.69, 9.17) is 14.6 Å². The molecule has 2 aliphatic heterocycles. The lowest BCUT2D eigenvalue weighted by Crippen LogP contribution is -2.58. The van der Waals surface area contributed by atoms with Gasteiger partial charge in [-0.05, 0) is 45.2 Å². The maximum atomic E-state index is 13.2. The Morgan fingerprint density at radius 2 is 1.82 bits per heavy atom. The maximum absolute atomic E-state index is 13.2. The number of aliphatic hydroxyl groups excluding tert-OH is 1. The number of unbranched alkanes of at least 4 members (excludes halogenated alkanes) is 5. The molecule has 1 amide bonds. The number of carboxylic acid groups (broad SMARTS) is 1. The molecule has 5 rings (SSSR count). The van der Waals surface area contributed by atoms with Crippen molar-refractivity contribution in [3.8, 4) is 5.75 Å². The predicted octanol–water partition coefficient (Wildman–Crippen LogP) is 5.33. The number of amides is 1. The van der Waals surface area contributed by atoms with Crippen LogP contribution in [0.1, 0.15) is 112 Å². The molecule has 2 saturated heterocycles. The van der Waals surface area contributed by atoms with Gasteiger partial charge in [-0.15, -0.1) is 11.3 Å². The summed E-state index contributed by atoms with van der Waals surface area (Å²) in [6.07, 6.45) is 9.58. The highest BCUT2D eigenvalue weighted by Gasteiger charge is 2.41. The van der Waals surface area contributed by atoms with Gasteiger partial charge in [-0.25, -0.2) is 4.98 Å². The molecule has 4 heterocycles. The van der Waals surface area contributed by atoms with Gasteiger partial charge >= 0.3 is 4.87 Å². The molecule has 2 atom stereocenters. The molecular formula is C35H53N5O7S2. The first-order valence-corrected chi connectivity index (χ1v) is 19.2. The van der Waals surface area contributed by atoms with E-state index in [-0.39, 0.29) is 34.6 Å². The van der Waals surface area contributed by atoms with Crippen molar-refractivity contribution in [3.05, 3.63) is 43.4 Å². The van der Waals surface area contributed by atoms with Crippen molar-refractivity contribution >= 4 is 45.3 Å². The van der Waals surface area contributed by atoms with Gasteiger partial charge in [0.1, 0.15) is 17.0 Å². The molecule has 0 aliphatic carbocycles. The third-order valence-corrected chi connectivity index (χ3v) is 11.6. The summed E-state index contributed by atoms with van der Waals surface area (Å²) in [5.41, 5.74) is 1.42. The van der Waals surface area contributed by atoms with Gasteiger partial charge in [0, 0.05) is 49.1 Å². The summed E-state index contributed by atoms with van der Waals surface area (Å²) in [5.74, 6) is 0.405. The number of aromatic amines is 1. The standard InChI is InChI=1S/C34H51N5O5S2.CH2O2/c1-23(2)31-36-26(21-45-31)32(42)39-18-19-44-34(22-39)13-16-38(17-14-34)15-9-7-5-4-6-8-10-24(3)35-20-28(41)25-11-12-27(40)29-30(25)46-33(43)37-29;2-1-3/h11-12,21,23-24,28,35,40-41H,4-10,13-20,22H2,1-3H3,(H,37,43);1H,(H,2,3).